The predicted octanol–water partition coefficient (Wildman–Crippen LogP) is 2.96. The van der Waals surface area contributed by atoms with E-state index in [4.69, 9.17) is 14.2 Å². The highest BCUT2D eigenvalue weighted by molar-refractivity contribution is 5.92. The quantitative estimate of drug-likeness (QED) is 0.732. The van der Waals surface area contributed by atoms with Gasteiger partial charge in [0.05, 0.1) is 20.1 Å². The van der Waals surface area contributed by atoms with Crippen LogP contribution in [-0.2, 0) is 20.7 Å². The molecule has 0 aliphatic carbocycles. The molecule has 0 bridgehead atoms. The van der Waals surface area contributed by atoms with Crippen molar-refractivity contribution in [2.24, 2.45) is 0 Å². The molecule has 0 aliphatic rings. The maximum Gasteiger partial charge on any atom is 0.310 e. The molecule has 2 aromatic carbocycles. The number of anilines is 1. The van der Waals surface area contributed by atoms with E-state index in [0.29, 0.717) is 6.61 Å². The van der Waals surface area contributed by atoms with Crippen molar-refractivity contribution in [3.05, 3.63) is 53.8 Å². The summed E-state index contributed by atoms with van der Waals surface area (Å²) in [5.41, 5.74) is 0.993. The number of rotatable bonds is 8. The van der Waals surface area contributed by atoms with Gasteiger partial charge in [0, 0.05) is 11.8 Å². The molecule has 0 atom stereocenters. The summed E-state index contributed by atoms with van der Waals surface area (Å²) in [6.45, 7) is 1.99. The molecule has 7 heteroatoms. The number of methoxy groups -OCH3 is 1. The van der Waals surface area contributed by atoms with Gasteiger partial charge in [0.25, 0.3) is 5.91 Å². The molecule has 138 valence electrons. The number of nitrogens with one attached hydrogen (secondary N) is 1. The number of carbonyl (C=O) groups excluding carboxylic acids is 2. The summed E-state index contributed by atoms with van der Waals surface area (Å²) in [5.74, 6) is -0.905. The summed E-state index contributed by atoms with van der Waals surface area (Å²) in [6.07, 6.45) is 0.0385. The van der Waals surface area contributed by atoms with Crippen molar-refractivity contribution in [3.63, 3.8) is 0 Å². The maximum absolute atomic E-state index is 13.6. The lowest BCUT2D eigenvalue weighted by Crippen LogP contribution is -2.21. The van der Waals surface area contributed by atoms with Gasteiger partial charge < -0.3 is 19.5 Å². The van der Waals surface area contributed by atoms with Crippen LogP contribution in [-0.4, -0.2) is 32.2 Å². The zero-order chi connectivity index (χ0) is 18.9. The van der Waals surface area contributed by atoms with Crippen LogP contribution in [0.25, 0.3) is 0 Å². The molecule has 0 aromatic heterocycles. The molecule has 1 amide bonds. The monoisotopic (exact) mass is 361 g/mol. The topological polar surface area (TPSA) is 73.9 Å². The summed E-state index contributed by atoms with van der Waals surface area (Å²) in [4.78, 5) is 23.6. The molecular formula is C19H20FNO5. The van der Waals surface area contributed by atoms with E-state index in [9.17, 15) is 14.0 Å². The molecule has 0 aliphatic heterocycles. The maximum atomic E-state index is 13.6. The lowest BCUT2D eigenvalue weighted by molar-refractivity contribution is -0.146. The smallest absolute Gasteiger partial charge is 0.310 e. The highest BCUT2D eigenvalue weighted by Crippen LogP contribution is 2.20. The Labute approximate surface area is 150 Å². The number of amides is 1. The fraction of sp³-hybridized carbons (Fsp3) is 0.263. The standard InChI is InChI=1S/C19H20FNO5/c1-3-25-15-7-4-13(5-8-15)10-19(23)26-12-18(22)21-14-6-9-17(24-2)16(20)11-14/h4-9,11H,3,10,12H2,1-2H3,(H,21,22). The van der Waals surface area contributed by atoms with E-state index >= 15 is 0 Å². The molecule has 2 aromatic rings. The fourth-order valence-electron chi connectivity index (χ4n) is 2.18. The van der Waals surface area contributed by atoms with Crippen LogP contribution in [0.5, 0.6) is 11.5 Å². The van der Waals surface area contributed by atoms with Crippen LogP contribution in [0.1, 0.15) is 12.5 Å². The Balaban J connectivity index is 1.79. The SMILES string of the molecule is CCOc1ccc(CC(=O)OCC(=O)Nc2ccc(OC)c(F)c2)cc1. The molecule has 1 N–H and O–H groups in total. The Bertz CT molecular complexity index is 761. The number of esters is 1. The van der Waals surface area contributed by atoms with Crippen molar-refractivity contribution >= 4 is 17.6 Å². The van der Waals surface area contributed by atoms with Gasteiger partial charge in [-0.05, 0) is 36.8 Å². The number of hydrogen-bond donors (Lipinski definition) is 1. The Kier molecular flexibility index (Phi) is 6.96. The number of benzene rings is 2. The highest BCUT2D eigenvalue weighted by Gasteiger charge is 2.10. The zero-order valence-corrected chi connectivity index (χ0v) is 14.6. The summed E-state index contributed by atoms with van der Waals surface area (Å²) in [6, 6.07) is 11.0. The number of ether oxygens (including phenoxy) is 3. The molecule has 0 spiro atoms. The van der Waals surface area contributed by atoms with Crippen LogP contribution in [0.4, 0.5) is 10.1 Å². The lowest BCUT2D eigenvalue weighted by Gasteiger charge is -2.08. The fourth-order valence-corrected chi connectivity index (χ4v) is 2.18. The molecule has 0 saturated heterocycles. The minimum Gasteiger partial charge on any atom is -0.494 e. The first-order valence-corrected chi connectivity index (χ1v) is 8.02. The lowest BCUT2D eigenvalue weighted by atomic mass is 10.1. The van der Waals surface area contributed by atoms with Crippen molar-refractivity contribution in [3.8, 4) is 11.5 Å². The van der Waals surface area contributed by atoms with Gasteiger partial charge in [0.2, 0.25) is 0 Å². The third kappa shape index (κ3) is 5.77. The van der Waals surface area contributed by atoms with E-state index in [-0.39, 0.29) is 17.9 Å². The Morgan fingerprint density at radius 1 is 1.12 bits per heavy atom. The van der Waals surface area contributed by atoms with E-state index in [1.54, 1.807) is 24.3 Å². The van der Waals surface area contributed by atoms with Crippen molar-refractivity contribution in [1.29, 1.82) is 0 Å². The van der Waals surface area contributed by atoms with Crippen LogP contribution in [0.3, 0.4) is 0 Å². The van der Waals surface area contributed by atoms with Gasteiger partial charge in [-0.1, -0.05) is 12.1 Å². The van der Waals surface area contributed by atoms with Crippen LogP contribution < -0.4 is 14.8 Å². The molecule has 0 unspecified atom stereocenters. The van der Waals surface area contributed by atoms with E-state index in [0.717, 1.165) is 17.4 Å². The van der Waals surface area contributed by atoms with Crippen LogP contribution >= 0.6 is 0 Å². The second-order valence-corrected chi connectivity index (χ2v) is 5.31. The van der Waals surface area contributed by atoms with Gasteiger partial charge in [0.1, 0.15) is 5.75 Å². The van der Waals surface area contributed by atoms with Gasteiger partial charge in [0.15, 0.2) is 18.2 Å². The summed E-state index contributed by atoms with van der Waals surface area (Å²) < 4.78 is 28.6. The number of carbonyl (C=O) groups is 2. The van der Waals surface area contributed by atoms with Crippen molar-refractivity contribution in [2.75, 3.05) is 25.6 Å². The third-order valence-electron chi connectivity index (χ3n) is 3.38. The van der Waals surface area contributed by atoms with E-state index in [1.807, 2.05) is 6.92 Å². The first-order chi connectivity index (χ1) is 12.5. The first kappa shape index (κ1) is 19.2. The molecule has 0 radical (unpaired) electrons. The van der Waals surface area contributed by atoms with Crippen molar-refractivity contribution in [2.45, 2.75) is 13.3 Å². The van der Waals surface area contributed by atoms with Gasteiger partial charge in [-0.15, -0.1) is 0 Å². The van der Waals surface area contributed by atoms with Crippen LogP contribution in [0.2, 0.25) is 0 Å². The second kappa shape index (κ2) is 9.41. The van der Waals surface area contributed by atoms with Gasteiger partial charge in [-0.2, -0.15) is 0 Å². The normalized spacial score (nSPS) is 10.1. The highest BCUT2D eigenvalue weighted by atomic mass is 19.1. The minimum atomic E-state index is -0.599. The van der Waals surface area contributed by atoms with Gasteiger partial charge >= 0.3 is 5.97 Å². The molecule has 26 heavy (non-hydrogen) atoms. The molecule has 0 fully saturated rings. The van der Waals surface area contributed by atoms with Crippen molar-refractivity contribution < 1.29 is 28.2 Å². The average molecular weight is 361 g/mol. The number of halogens is 1. The number of hydrogen-bond acceptors (Lipinski definition) is 5. The first-order valence-electron chi connectivity index (χ1n) is 8.02. The van der Waals surface area contributed by atoms with Crippen LogP contribution in [0.15, 0.2) is 42.5 Å². The molecule has 0 heterocycles. The summed E-state index contributed by atoms with van der Waals surface area (Å²) in [7, 11) is 1.35. The summed E-state index contributed by atoms with van der Waals surface area (Å²) in [5, 5.41) is 2.45. The average Bonchev–Trinajstić information content (AvgIpc) is 2.62. The van der Waals surface area contributed by atoms with Crippen molar-refractivity contribution in [1.82, 2.24) is 0 Å². The Morgan fingerprint density at radius 2 is 1.85 bits per heavy atom. The Morgan fingerprint density at radius 3 is 2.46 bits per heavy atom. The van der Waals surface area contributed by atoms with E-state index < -0.39 is 24.3 Å². The molecule has 2 rings (SSSR count). The zero-order valence-electron chi connectivity index (χ0n) is 14.6. The second-order valence-electron chi connectivity index (χ2n) is 5.31. The Hall–Kier alpha value is -3.09. The van der Waals surface area contributed by atoms with Gasteiger partial charge in [-0.25, -0.2) is 4.39 Å². The largest absolute Gasteiger partial charge is 0.494 e. The summed E-state index contributed by atoms with van der Waals surface area (Å²) >= 11 is 0. The molecule has 6 nitrogen and oxygen atoms in total. The minimum absolute atomic E-state index is 0.0385. The molecule has 0 saturated carbocycles. The van der Waals surface area contributed by atoms with E-state index in [1.165, 1.54) is 19.2 Å². The predicted molar refractivity (Wildman–Crippen MR) is 93.9 cm³/mol. The van der Waals surface area contributed by atoms with Gasteiger partial charge in [-0.3, -0.25) is 9.59 Å². The third-order valence-corrected chi connectivity index (χ3v) is 3.38. The van der Waals surface area contributed by atoms with E-state index in [2.05, 4.69) is 5.32 Å². The van der Waals surface area contributed by atoms with Crippen LogP contribution in [0, 0.1) is 5.82 Å². The molecular weight excluding hydrogens is 341 g/mol.